The smallest absolute Gasteiger partial charge is 0.152 e. The molecule has 0 fully saturated rings. The van der Waals surface area contributed by atoms with Gasteiger partial charge in [-0.3, -0.25) is 4.79 Å². The number of aromatic nitrogens is 1. The summed E-state index contributed by atoms with van der Waals surface area (Å²) in [7, 11) is 3.21. The molecule has 106 valence electrons. The van der Waals surface area contributed by atoms with E-state index in [4.69, 9.17) is 9.47 Å². The standard InChI is InChI=1S/C17H15NO3/c1-20-11-7-8-16(21-2)13(9-11)17-14(10-19)12-5-3-4-6-15(12)18-17/h3-10,18H,1-2H3. The second-order valence-electron chi connectivity index (χ2n) is 4.64. The zero-order valence-electron chi connectivity index (χ0n) is 11.8. The lowest BCUT2D eigenvalue weighted by molar-refractivity contribution is 0.112. The Balaban J connectivity index is 2.31. The quantitative estimate of drug-likeness (QED) is 0.742. The third-order valence-corrected chi connectivity index (χ3v) is 3.54. The van der Waals surface area contributed by atoms with Crippen LogP contribution in [0.3, 0.4) is 0 Å². The van der Waals surface area contributed by atoms with Crippen LogP contribution in [0.5, 0.6) is 11.5 Å². The van der Waals surface area contributed by atoms with E-state index in [1.165, 1.54) is 0 Å². The summed E-state index contributed by atoms with van der Waals surface area (Å²) in [5.41, 5.74) is 3.08. The number of carbonyl (C=O) groups is 1. The van der Waals surface area contributed by atoms with Crippen LogP contribution in [0.2, 0.25) is 0 Å². The lowest BCUT2D eigenvalue weighted by Crippen LogP contribution is -1.92. The predicted octanol–water partition coefficient (Wildman–Crippen LogP) is 3.66. The molecule has 0 bridgehead atoms. The van der Waals surface area contributed by atoms with Gasteiger partial charge in [-0.15, -0.1) is 0 Å². The van der Waals surface area contributed by atoms with Gasteiger partial charge in [0, 0.05) is 22.0 Å². The molecule has 0 saturated carbocycles. The zero-order chi connectivity index (χ0) is 14.8. The van der Waals surface area contributed by atoms with Gasteiger partial charge in [-0.25, -0.2) is 0 Å². The SMILES string of the molecule is COc1ccc(OC)c(-c2[nH]c3ccccc3c2C=O)c1. The van der Waals surface area contributed by atoms with Crippen molar-refractivity contribution in [3.63, 3.8) is 0 Å². The molecule has 3 rings (SSSR count). The Kier molecular flexibility index (Phi) is 3.36. The van der Waals surface area contributed by atoms with Gasteiger partial charge < -0.3 is 14.5 Å². The number of aromatic amines is 1. The first-order valence-electron chi connectivity index (χ1n) is 6.56. The van der Waals surface area contributed by atoms with Crippen molar-refractivity contribution < 1.29 is 14.3 Å². The minimum Gasteiger partial charge on any atom is -0.497 e. The van der Waals surface area contributed by atoms with Crippen LogP contribution in [0.4, 0.5) is 0 Å². The number of H-pyrrole nitrogens is 1. The summed E-state index contributed by atoms with van der Waals surface area (Å²) in [4.78, 5) is 14.8. The minimum absolute atomic E-state index is 0.622. The second-order valence-corrected chi connectivity index (χ2v) is 4.64. The van der Waals surface area contributed by atoms with E-state index in [1.54, 1.807) is 14.2 Å². The molecule has 3 aromatic rings. The van der Waals surface area contributed by atoms with Gasteiger partial charge in [-0.1, -0.05) is 18.2 Å². The van der Waals surface area contributed by atoms with Crippen LogP contribution >= 0.6 is 0 Å². The molecule has 0 aliphatic carbocycles. The maximum atomic E-state index is 11.5. The first-order chi connectivity index (χ1) is 10.3. The van der Waals surface area contributed by atoms with Crippen molar-refractivity contribution in [2.45, 2.75) is 0 Å². The van der Waals surface area contributed by atoms with Crippen molar-refractivity contribution in [2.75, 3.05) is 14.2 Å². The third-order valence-electron chi connectivity index (χ3n) is 3.54. The molecule has 1 heterocycles. The molecule has 1 N–H and O–H groups in total. The molecule has 0 amide bonds. The Morgan fingerprint density at radius 2 is 1.86 bits per heavy atom. The number of fused-ring (bicyclic) bond motifs is 1. The average Bonchev–Trinajstić information content (AvgIpc) is 2.92. The molecule has 1 aromatic heterocycles. The summed E-state index contributed by atoms with van der Waals surface area (Å²) in [6, 6.07) is 13.2. The van der Waals surface area contributed by atoms with Crippen molar-refractivity contribution >= 4 is 17.2 Å². The molecule has 4 heteroatoms. The lowest BCUT2D eigenvalue weighted by Gasteiger charge is -2.10. The summed E-state index contributed by atoms with van der Waals surface area (Å²) >= 11 is 0. The molecule has 2 aromatic carbocycles. The van der Waals surface area contributed by atoms with Crippen LogP contribution in [0.1, 0.15) is 10.4 Å². The van der Waals surface area contributed by atoms with E-state index in [2.05, 4.69) is 4.98 Å². The Morgan fingerprint density at radius 1 is 1.05 bits per heavy atom. The molecule has 0 unspecified atom stereocenters. The van der Waals surface area contributed by atoms with E-state index < -0.39 is 0 Å². The maximum absolute atomic E-state index is 11.5. The number of carbonyl (C=O) groups excluding carboxylic acids is 1. The molecule has 0 aliphatic rings. The van der Waals surface area contributed by atoms with Crippen molar-refractivity contribution in [3.8, 4) is 22.8 Å². The Hall–Kier alpha value is -2.75. The highest BCUT2D eigenvalue weighted by Crippen LogP contribution is 2.37. The van der Waals surface area contributed by atoms with Crippen LogP contribution < -0.4 is 9.47 Å². The Bertz CT molecular complexity index is 805. The topological polar surface area (TPSA) is 51.3 Å². The largest absolute Gasteiger partial charge is 0.497 e. The van der Waals surface area contributed by atoms with Crippen molar-refractivity contribution in [3.05, 3.63) is 48.0 Å². The summed E-state index contributed by atoms with van der Waals surface area (Å²) in [6.07, 6.45) is 0.868. The van der Waals surface area contributed by atoms with Crippen molar-refractivity contribution in [2.24, 2.45) is 0 Å². The average molecular weight is 281 g/mol. The molecule has 0 aliphatic heterocycles. The molecule has 0 saturated heterocycles. The van der Waals surface area contributed by atoms with Gasteiger partial charge in [0.1, 0.15) is 11.5 Å². The van der Waals surface area contributed by atoms with E-state index in [1.807, 2.05) is 42.5 Å². The second kappa shape index (κ2) is 5.32. The van der Waals surface area contributed by atoms with Crippen molar-refractivity contribution in [1.82, 2.24) is 4.98 Å². The Morgan fingerprint density at radius 3 is 2.57 bits per heavy atom. The van der Waals surface area contributed by atoms with Gasteiger partial charge in [0.05, 0.1) is 19.9 Å². The number of nitrogens with one attached hydrogen (secondary N) is 1. The molecule has 0 atom stereocenters. The van der Waals surface area contributed by atoms with E-state index >= 15 is 0 Å². The van der Waals surface area contributed by atoms with Gasteiger partial charge in [0.2, 0.25) is 0 Å². The maximum Gasteiger partial charge on any atom is 0.152 e. The number of para-hydroxylation sites is 1. The molecule has 0 radical (unpaired) electrons. The number of hydrogen-bond acceptors (Lipinski definition) is 3. The minimum atomic E-state index is 0.622. The molecule has 21 heavy (non-hydrogen) atoms. The number of rotatable bonds is 4. The number of hydrogen-bond donors (Lipinski definition) is 1. The number of ether oxygens (including phenoxy) is 2. The molecule has 4 nitrogen and oxygen atoms in total. The van der Waals surface area contributed by atoms with Gasteiger partial charge in [0.25, 0.3) is 0 Å². The first kappa shape index (κ1) is 13.2. The lowest BCUT2D eigenvalue weighted by atomic mass is 10.0. The Labute approximate surface area is 122 Å². The van der Waals surface area contributed by atoms with E-state index in [0.29, 0.717) is 17.1 Å². The number of aldehydes is 1. The normalized spacial score (nSPS) is 10.6. The van der Waals surface area contributed by atoms with Gasteiger partial charge >= 0.3 is 0 Å². The van der Waals surface area contributed by atoms with Crippen LogP contribution in [0.25, 0.3) is 22.2 Å². The van der Waals surface area contributed by atoms with E-state index in [9.17, 15) is 4.79 Å². The summed E-state index contributed by atoms with van der Waals surface area (Å²) in [5.74, 6) is 1.40. The molecular weight excluding hydrogens is 266 g/mol. The van der Waals surface area contributed by atoms with Gasteiger partial charge in [-0.05, 0) is 24.3 Å². The monoisotopic (exact) mass is 281 g/mol. The molecular formula is C17H15NO3. The fraction of sp³-hybridized carbons (Fsp3) is 0.118. The van der Waals surface area contributed by atoms with E-state index in [0.717, 1.165) is 28.4 Å². The predicted molar refractivity (Wildman–Crippen MR) is 82.2 cm³/mol. The third kappa shape index (κ3) is 2.14. The highest BCUT2D eigenvalue weighted by molar-refractivity contribution is 6.05. The highest BCUT2D eigenvalue weighted by Gasteiger charge is 2.16. The van der Waals surface area contributed by atoms with Crippen LogP contribution in [-0.2, 0) is 0 Å². The summed E-state index contributed by atoms with van der Waals surface area (Å²) < 4.78 is 10.7. The van der Waals surface area contributed by atoms with E-state index in [-0.39, 0.29) is 0 Å². The number of methoxy groups -OCH3 is 2. The highest BCUT2D eigenvalue weighted by atomic mass is 16.5. The van der Waals surface area contributed by atoms with Crippen LogP contribution in [-0.4, -0.2) is 25.5 Å². The summed E-state index contributed by atoms with van der Waals surface area (Å²) in [6.45, 7) is 0. The summed E-state index contributed by atoms with van der Waals surface area (Å²) in [5, 5.41) is 0.896. The first-order valence-corrected chi connectivity index (χ1v) is 6.56. The fourth-order valence-corrected chi connectivity index (χ4v) is 2.51. The number of benzene rings is 2. The van der Waals surface area contributed by atoms with Gasteiger partial charge in [-0.2, -0.15) is 0 Å². The zero-order valence-corrected chi connectivity index (χ0v) is 11.8. The van der Waals surface area contributed by atoms with Gasteiger partial charge in [0.15, 0.2) is 6.29 Å². The van der Waals surface area contributed by atoms with Crippen LogP contribution in [0.15, 0.2) is 42.5 Å². The fourth-order valence-electron chi connectivity index (χ4n) is 2.51. The molecule has 0 spiro atoms. The van der Waals surface area contributed by atoms with Crippen molar-refractivity contribution in [1.29, 1.82) is 0 Å². The van der Waals surface area contributed by atoms with Crippen LogP contribution in [0, 0.1) is 0 Å².